The lowest BCUT2D eigenvalue weighted by molar-refractivity contribution is 0.167. The Balaban J connectivity index is 2.35. The molecule has 0 fully saturated rings. The third-order valence-corrected chi connectivity index (χ3v) is 2.49. The van der Waals surface area contributed by atoms with Crippen LogP contribution in [-0.4, -0.2) is 17.8 Å². The summed E-state index contributed by atoms with van der Waals surface area (Å²) in [5.41, 5.74) is 1.07. The fourth-order valence-corrected chi connectivity index (χ4v) is 1.36. The fraction of sp³-hybridized carbons (Fsp3) is 0.455. The SMILES string of the molecule is CC[C@@H](O)CNCc1ccccc1Cl. The normalized spacial score (nSPS) is 12.8. The number of halogens is 1. The second kappa shape index (κ2) is 6.02. The Labute approximate surface area is 89.9 Å². The topological polar surface area (TPSA) is 32.3 Å². The molecule has 1 rings (SSSR count). The van der Waals surface area contributed by atoms with Crippen molar-refractivity contribution in [2.45, 2.75) is 26.0 Å². The van der Waals surface area contributed by atoms with Crippen molar-refractivity contribution in [2.75, 3.05) is 6.54 Å². The van der Waals surface area contributed by atoms with Crippen LogP contribution in [0.15, 0.2) is 24.3 Å². The van der Waals surface area contributed by atoms with Crippen molar-refractivity contribution >= 4 is 11.6 Å². The number of nitrogens with one attached hydrogen (secondary N) is 1. The van der Waals surface area contributed by atoms with E-state index in [-0.39, 0.29) is 6.10 Å². The monoisotopic (exact) mass is 213 g/mol. The van der Waals surface area contributed by atoms with E-state index in [4.69, 9.17) is 11.6 Å². The van der Waals surface area contributed by atoms with E-state index >= 15 is 0 Å². The maximum absolute atomic E-state index is 9.31. The van der Waals surface area contributed by atoms with Crippen LogP contribution in [0.2, 0.25) is 5.02 Å². The smallest absolute Gasteiger partial charge is 0.0662 e. The van der Waals surface area contributed by atoms with Gasteiger partial charge in [0.2, 0.25) is 0 Å². The van der Waals surface area contributed by atoms with E-state index in [0.717, 1.165) is 17.0 Å². The van der Waals surface area contributed by atoms with Crippen LogP contribution in [0.3, 0.4) is 0 Å². The predicted molar refractivity (Wildman–Crippen MR) is 59.5 cm³/mol. The molecule has 14 heavy (non-hydrogen) atoms. The molecule has 2 N–H and O–H groups in total. The highest BCUT2D eigenvalue weighted by Gasteiger charge is 2.01. The molecule has 0 radical (unpaired) electrons. The molecule has 0 heterocycles. The van der Waals surface area contributed by atoms with Crippen LogP contribution < -0.4 is 5.32 Å². The van der Waals surface area contributed by atoms with E-state index < -0.39 is 0 Å². The second-order valence-corrected chi connectivity index (χ2v) is 3.69. The minimum atomic E-state index is -0.266. The van der Waals surface area contributed by atoms with Gasteiger partial charge >= 0.3 is 0 Å². The molecule has 0 aromatic heterocycles. The average molecular weight is 214 g/mol. The molecule has 2 nitrogen and oxygen atoms in total. The minimum Gasteiger partial charge on any atom is -0.392 e. The number of benzene rings is 1. The zero-order chi connectivity index (χ0) is 10.4. The molecule has 0 aliphatic carbocycles. The van der Waals surface area contributed by atoms with Gasteiger partial charge in [-0.25, -0.2) is 0 Å². The highest BCUT2D eigenvalue weighted by Crippen LogP contribution is 2.14. The summed E-state index contributed by atoms with van der Waals surface area (Å²) in [4.78, 5) is 0. The van der Waals surface area contributed by atoms with Gasteiger partial charge in [-0.3, -0.25) is 0 Å². The van der Waals surface area contributed by atoms with Crippen molar-refractivity contribution in [3.63, 3.8) is 0 Å². The maximum atomic E-state index is 9.31. The first-order valence-electron chi connectivity index (χ1n) is 4.86. The van der Waals surface area contributed by atoms with Crippen molar-refractivity contribution in [3.8, 4) is 0 Å². The molecule has 0 aliphatic rings. The lowest BCUT2D eigenvalue weighted by Crippen LogP contribution is -2.25. The summed E-state index contributed by atoms with van der Waals surface area (Å²) < 4.78 is 0. The molecule has 78 valence electrons. The van der Waals surface area contributed by atoms with Gasteiger partial charge in [0, 0.05) is 18.1 Å². The lowest BCUT2D eigenvalue weighted by Gasteiger charge is -2.09. The predicted octanol–water partition coefficient (Wildman–Crippen LogP) is 2.20. The Bertz CT molecular complexity index is 278. The van der Waals surface area contributed by atoms with Gasteiger partial charge in [0.25, 0.3) is 0 Å². The van der Waals surface area contributed by atoms with Gasteiger partial charge in [0.15, 0.2) is 0 Å². The van der Waals surface area contributed by atoms with Crippen LogP contribution in [0.5, 0.6) is 0 Å². The van der Waals surface area contributed by atoms with Crippen LogP contribution in [-0.2, 0) is 6.54 Å². The first-order valence-corrected chi connectivity index (χ1v) is 5.24. The highest BCUT2D eigenvalue weighted by atomic mass is 35.5. The summed E-state index contributed by atoms with van der Waals surface area (Å²) in [6.45, 7) is 3.28. The highest BCUT2D eigenvalue weighted by molar-refractivity contribution is 6.31. The molecule has 0 aliphatic heterocycles. The largest absolute Gasteiger partial charge is 0.392 e. The standard InChI is InChI=1S/C11H16ClNO/c1-2-10(14)8-13-7-9-5-3-4-6-11(9)12/h3-6,10,13-14H,2,7-8H2,1H3/t10-/m1/s1. The van der Waals surface area contributed by atoms with E-state index in [9.17, 15) is 5.11 Å². The van der Waals surface area contributed by atoms with E-state index in [1.165, 1.54) is 0 Å². The number of hydrogen-bond acceptors (Lipinski definition) is 2. The van der Waals surface area contributed by atoms with E-state index in [1.807, 2.05) is 31.2 Å². The van der Waals surface area contributed by atoms with E-state index in [0.29, 0.717) is 13.1 Å². The van der Waals surface area contributed by atoms with Gasteiger partial charge in [-0.2, -0.15) is 0 Å². The number of aliphatic hydroxyl groups excluding tert-OH is 1. The fourth-order valence-electron chi connectivity index (χ4n) is 1.16. The average Bonchev–Trinajstić information content (AvgIpc) is 2.20. The number of hydrogen-bond donors (Lipinski definition) is 2. The Morgan fingerprint density at radius 1 is 1.43 bits per heavy atom. The Hall–Kier alpha value is -0.570. The van der Waals surface area contributed by atoms with Gasteiger partial charge in [0.05, 0.1) is 6.10 Å². The minimum absolute atomic E-state index is 0.266. The van der Waals surface area contributed by atoms with Crippen molar-refractivity contribution < 1.29 is 5.11 Å². The maximum Gasteiger partial charge on any atom is 0.0662 e. The lowest BCUT2D eigenvalue weighted by atomic mass is 10.2. The van der Waals surface area contributed by atoms with Gasteiger partial charge in [-0.05, 0) is 18.1 Å². The summed E-state index contributed by atoms with van der Waals surface area (Å²) in [5, 5.41) is 13.2. The Kier molecular flexibility index (Phi) is 4.94. The van der Waals surface area contributed by atoms with Crippen molar-refractivity contribution in [1.29, 1.82) is 0 Å². The van der Waals surface area contributed by atoms with Gasteiger partial charge in [-0.15, -0.1) is 0 Å². The second-order valence-electron chi connectivity index (χ2n) is 3.28. The molecule has 1 atom stereocenters. The van der Waals surface area contributed by atoms with Crippen LogP contribution in [0.1, 0.15) is 18.9 Å². The van der Waals surface area contributed by atoms with Crippen LogP contribution in [0.4, 0.5) is 0 Å². The van der Waals surface area contributed by atoms with Crippen LogP contribution >= 0.6 is 11.6 Å². The summed E-state index contributed by atoms with van der Waals surface area (Å²) in [6, 6.07) is 7.72. The third kappa shape index (κ3) is 3.66. The van der Waals surface area contributed by atoms with Gasteiger partial charge in [0.1, 0.15) is 0 Å². The molecule has 1 aromatic rings. The molecular formula is C11H16ClNO. The van der Waals surface area contributed by atoms with Gasteiger partial charge in [-0.1, -0.05) is 36.7 Å². The Morgan fingerprint density at radius 3 is 2.79 bits per heavy atom. The molecule has 3 heteroatoms. The summed E-state index contributed by atoms with van der Waals surface area (Å²) in [7, 11) is 0. The molecule has 0 unspecified atom stereocenters. The first kappa shape index (κ1) is 11.5. The molecule has 0 amide bonds. The van der Waals surface area contributed by atoms with E-state index in [1.54, 1.807) is 0 Å². The zero-order valence-corrected chi connectivity index (χ0v) is 9.09. The molecule has 0 bridgehead atoms. The summed E-state index contributed by atoms with van der Waals surface area (Å²) in [6.07, 6.45) is 0.507. The van der Waals surface area contributed by atoms with Gasteiger partial charge < -0.3 is 10.4 Å². The molecule has 0 spiro atoms. The summed E-state index contributed by atoms with van der Waals surface area (Å²) in [5.74, 6) is 0. The van der Waals surface area contributed by atoms with Crippen molar-refractivity contribution in [1.82, 2.24) is 5.32 Å². The molecule has 0 saturated heterocycles. The van der Waals surface area contributed by atoms with Crippen LogP contribution in [0, 0.1) is 0 Å². The number of aliphatic hydroxyl groups is 1. The number of rotatable bonds is 5. The molecule has 0 saturated carbocycles. The summed E-state index contributed by atoms with van der Waals surface area (Å²) >= 11 is 5.97. The first-order chi connectivity index (χ1) is 6.74. The van der Waals surface area contributed by atoms with Crippen molar-refractivity contribution in [2.24, 2.45) is 0 Å². The Morgan fingerprint density at radius 2 is 2.14 bits per heavy atom. The quantitative estimate of drug-likeness (QED) is 0.786. The van der Waals surface area contributed by atoms with Crippen molar-refractivity contribution in [3.05, 3.63) is 34.9 Å². The van der Waals surface area contributed by atoms with E-state index in [2.05, 4.69) is 5.32 Å². The molecular weight excluding hydrogens is 198 g/mol. The zero-order valence-electron chi connectivity index (χ0n) is 8.33. The third-order valence-electron chi connectivity index (χ3n) is 2.12. The van der Waals surface area contributed by atoms with Crippen LogP contribution in [0.25, 0.3) is 0 Å². The molecule has 1 aromatic carbocycles.